The SMILES string of the molecule is CC(C)(C)CN1C(=O)C2(NC(=O)C(O)=C2c2cccc(Cl)c2)c2ccc(Cl)cc21. The molecule has 7 heteroatoms. The van der Waals surface area contributed by atoms with E-state index in [0.29, 0.717) is 33.4 Å². The van der Waals surface area contributed by atoms with Crippen molar-refractivity contribution in [1.29, 1.82) is 0 Å². The van der Waals surface area contributed by atoms with Gasteiger partial charge in [0, 0.05) is 27.7 Å². The van der Waals surface area contributed by atoms with Gasteiger partial charge in [-0.05, 0) is 35.2 Å². The van der Waals surface area contributed by atoms with Crippen LogP contribution in [0.15, 0.2) is 48.2 Å². The van der Waals surface area contributed by atoms with Gasteiger partial charge in [0.15, 0.2) is 11.3 Å². The summed E-state index contributed by atoms with van der Waals surface area (Å²) in [6.45, 7) is 6.48. The number of hydrogen-bond acceptors (Lipinski definition) is 3. The number of halogens is 2. The van der Waals surface area contributed by atoms with Gasteiger partial charge in [-0.25, -0.2) is 0 Å². The third kappa shape index (κ3) is 3.00. The predicted molar refractivity (Wildman–Crippen MR) is 114 cm³/mol. The molecule has 5 nitrogen and oxygen atoms in total. The summed E-state index contributed by atoms with van der Waals surface area (Å²) in [4.78, 5) is 28.0. The molecule has 2 aromatic carbocycles. The zero-order chi connectivity index (χ0) is 21.1. The third-order valence-electron chi connectivity index (χ3n) is 5.09. The van der Waals surface area contributed by atoms with Crippen LogP contribution in [0.1, 0.15) is 31.9 Å². The van der Waals surface area contributed by atoms with Crippen molar-refractivity contribution in [2.75, 3.05) is 11.4 Å². The molecule has 4 rings (SSSR count). The van der Waals surface area contributed by atoms with Crippen LogP contribution in [0.3, 0.4) is 0 Å². The zero-order valence-electron chi connectivity index (χ0n) is 16.2. The van der Waals surface area contributed by atoms with E-state index in [2.05, 4.69) is 5.32 Å². The molecule has 0 saturated heterocycles. The maximum atomic E-state index is 13.8. The fourth-order valence-electron chi connectivity index (χ4n) is 4.05. The Bertz CT molecular complexity index is 1090. The Morgan fingerprint density at radius 3 is 2.41 bits per heavy atom. The van der Waals surface area contributed by atoms with Gasteiger partial charge in [0.2, 0.25) is 0 Å². The van der Waals surface area contributed by atoms with Crippen LogP contribution in [0.5, 0.6) is 0 Å². The van der Waals surface area contributed by atoms with Gasteiger partial charge in [0.05, 0.1) is 5.69 Å². The lowest BCUT2D eigenvalue weighted by Crippen LogP contribution is -2.51. The van der Waals surface area contributed by atoms with Gasteiger partial charge in [0.1, 0.15) is 0 Å². The highest BCUT2D eigenvalue weighted by Gasteiger charge is 2.60. The molecule has 2 aliphatic rings. The maximum Gasteiger partial charge on any atom is 0.287 e. The normalized spacial score (nSPS) is 21.2. The Morgan fingerprint density at radius 1 is 1.07 bits per heavy atom. The summed E-state index contributed by atoms with van der Waals surface area (Å²) in [5.74, 6) is -1.52. The number of nitrogens with one attached hydrogen (secondary N) is 1. The van der Waals surface area contributed by atoms with Crippen molar-refractivity contribution in [2.24, 2.45) is 5.41 Å². The van der Waals surface area contributed by atoms with Crippen molar-refractivity contribution in [1.82, 2.24) is 5.32 Å². The second-order valence-electron chi connectivity index (χ2n) is 8.55. The second-order valence-corrected chi connectivity index (χ2v) is 9.42. The van der Waals surface area contributed by atoms with Crippen LogP contribution in [-0.4, -0.2) is 23.5 Å². The van der Waals surface area contributed by atoms with Gasteiger partial charge >= 0.3 is 0 Å². The Kier molecular flexibility index (Phi) is 4.44. The quantitative estimate of drug-likeness (QED) is 0.726. The monoisotopic (exact) mass is 430 g/mol. The van der Waals surface area contributed by atoms with Gasteiger partial charge in [0.25, 0.3) is 11.8 Å². The average Bonchev–Trinajstić information content (AvgIpc) is 3.00. The minimum atomic E-state index is -1.53. The summed E-state index contributed by atoms with van der Waals surface area (Å²) < 4.78 is 0. The molecular weight excluding hydrogens is 411 g/mol. The highest BCUT2D eigenvalue weighted by molar-refractivity contribution is 6.32. The van der Waals surface area contributed by atoms with Crippen LogP contribution < -0.4 is 10.2 Å². The molecule has 0 aromatic heterocycles. The number of carbonyl (C=O) groups excluding carboxylic acids is 2. The molecule has 0 saturated carbocycles. The van der Waals surface area contributed by atoms with E-state index in [9.17, 15) is 14.7 Å². The van der Waals surface area contributed by atoms with Crippen molar-refractivity contribution >= 4 is 46.3 Å². The third-order valence-corrected chi connectivity index (χ3v) is 5.56. The number of aliphatic hydroxyl groups excluding tert-OH is 1. The molecule has 2 amide bonds. The Hall–Kier alpha value is -2.50. The van der Waals surface area contributed by atoms with Crippen LogP contribution >= 0.6 is 23.2 Å². The van der Waals surface area contributed by atoms with Gasteiger partial charge in [-0.15, -0.1) is 0 Å². The zero-order valence-corrected chi connectivity index (χ0v) is 17.7. The minimum absolute atomic E-state index is 0.203. The summed E-state index contributed by atoms with van der Waals surface area (Å²) in [6, 6.07) is 11.9. The van der Waals surface area contributed by atoms with Crippen LogP contribution in [0.4, 0.5) is 5.69 Å². The molecular formula is C22H20Cl2N2O3. The molecule has 2 aliphatic heterocycles. The lowest BCUT2D eigenvalue weighted by molar-refractivity contribution is -0.127. The van der Waals surface area contributed by atoms with Crippen molar-refractivity contribution < 1.29 is 14.7 Å². The van der Waals surface area contributed by atoms with E-state index in [0.717, 1.165) is 0 Å². The standard InChI is InChI=1S/C22H20Cl2N2O3/c1-21(2,3)11-26-16-10-14(24)7-8-15(16)22(20(26)29)17(18(27)19(28)25-22)12-5-4-6-13(23)9-12/h4-10,27H,11H2,1-3H3,(H,25,28). The largest absolute Gasteiger partial charge is 0.503 e. The highest BCUT2D eigenvalue weighted by atomic mass is 35.5. The van der Waals surface area contributed by atoms with E-state index < -0.39 is 17.2 Å². The van der Waals surface area contributed by atoms with Crippen LogP contribution in [0, 0.1) is 5.41 Å². The molecule has 0 bridgehead atoms. The number of hydrogen-bond donors (Lipinski definition) is 2. The molecule has 2 heterocycles. The summed E-state index contributed by atoms with van der Waals surface area (Å²) in [7, 11) is 0. The number of aliphatic hydroxyl groups is 1. The summed E-state index contributed by atoms with van der Waals surface area (Å²) in [6.07, 6.45) is 0. The number of anilines is 1. The Labute approximate surface area is 178 Å². The summed E-state index contributed by atoms with van der Waals surface area (Å²) in [5.41, 5.74) is 0.160. The maximum absolute atomic E-state index is 13.8. The molecule has 1 atom stereocenters. The van der Waals surface area contributed by atoms with E-state index in [1.807, 2.05) is 20.8 Å². The average molecular weight is 431 g/mol. The van der Waals surface area contributed by atoms with E-state index in [4.69, 9.17) is 23.2 Å². The van der Waals surface area contributed by atoms with Gasteiger partial charge in [-0.3, -0.25) is 9.59 Å². The minimum Gasteiger partial charge on any atom is -0.503 e. The summed E-state index contributed by atoms with van der Waals surface area (Å²) >= 11 is 12.4. The van der Waals surface area contributed by atoms with Crippen molar-refractivity contribution in [2.45, 2.75) is 26.3 Å². The first-order valence-electron chi connectivity index (χ1n) is 9.19. The van der Waals surface area contributed by atoms with Gasteiger partial charge in [-0.2, -0.15) is 0 Å². The van der Waals surface area contributed by atoms with Crippen LogP contribution in [0.25, 0.3) is 5.57 Å². The first-order valence-corrected chi connectivity index (χ1v) is 9.94. The van der Waals surface area contributed by atoms with Crippen molar-refractivity contribution in [3.63, 3.8) is 0 Å². The van der Waals surface area contributed by atoms with E-state index in [1.165, 1.54) is 0 Å². The molecule has 150 valence electrons. The number of fused-ring (bicyclic) bond motifs is 2. The number of rotatable bonds is 2. The van der Waals surface area contributed by atoms with Crippen molar-refractivity contribution in [3.05, 3.63) is 69.4 Å². The van der Waals surface area contributed by atoms with Gasteiger partial charge in [-0.1, -0.05) is 62.2 Å². The van der Waals surface area contributed by atoms with E-state index in [1.54, 1.807) is 47.4 Å². The topological polar surface area (TPSA) is 69.6 Å². The molecule has 0 radical (unpaired) electrons. The highest BCUT2D eigenvalue weighted by Crippen LogP contribution is 2.52. The molecule has 2 N–H and O–H groups in total. The predicted octanol–water partition coefficient (Wildman–Crippen LogP) is 4.68. The number of benzene rings is 2. The van der Waals surface area contributed by atoms with E-state index in [-0.39, 0.29) is 16.9 Å². The fraction of sp³-hybridized carbons (Fsp3) is 0.273. The van der Waals surface area contributed by atoms with E-state index >= 15 is 0 Å². The summed E-state index contributed by atoms with van der Waals surface area (Å²) in [5, 5.41) is 14.3. The first-order chi connectivity index (χ1) is 13.5. The lowest BCUT2D eigenvalue weighted by Gasteiger charge is -2.30. The van der Waals surface area contributed by atoms with Crippen molar-refractivity contribution in [3.8, 4) is 0 Å². The molecule has 1 spiro atoms. The Balaban J connectivity index is 2.00. The molecule has 29 heavy (non-hydrogen) atoms. The number of nitrogens with zero attached hydrogens (tertiary/aromatic N) is 1. The van der Waals surface area contributed by atoms with Crippen LogP contribution in [0.2, 0.25) is 10.0 Å². The second kappa shape index (κ2) is 6.51. The van der Waals surface area contributed by atoms with Crippen LogP contribution in [-0.2, 0) is 15.1 Å². The van der Waals surface area contributed by atoms with Gasteiger partial charge < -0.3 is 15.3 Å². The molecule has 2 aromatic rings. The first kappa shape index (κ1) is 19.8. The number of carbonyl (C=O) groups is 2. The molecule has 0 aliphatic carbocycles. The Morgan fingerprint density at radius 2 is 1.76 bits per heavy atom. The smallest absolute Gasteiger partial charge is 0.287 e. The fourth-order valence-corrected chi connectivity index (χ4v) is 4.40. The molecule has 0 fully saturated rings. The number of amides is 2. The lowest BCUT2D eigenvalue weighted by atomic mass is 9.81. The molecule has 1 unspecified atom stereocenters.